The number of hydrogen-bond donors (Lipinski definition) is 0. The minimum atomic E-state index is -0.0876. The van der Waals surface area contributed by atoms with Gasteiger partial charge in [0, 0.05) is 5.57 Å². The van der Waals surface area contributed by atoms with Crippen LogP contribution in [0.25, 0.3) is 0 Å². The number of aldehydes is 1. The van der Waals surface area contributed by atoms with Crippen molar-refractivity contribution < 1.29 is 4.79 Å². The van der Waals surface area contributed by atoms with E-state index in [9.17, 15) is 4.79 Å². The zero-order chi connectivity index (χ0) is 8.20. The molecule has 0 saturated carbocycles. The quantitative estimate of drug-likeness (QED) is 0.305. The van der Waals surface area contributed by atoms with Crippen molar-refractivity contribution in [3.8, 4) is 12.3 Å². The average molecular weight is 136 g/mol. The van der Waals surface area contributed by atoms with E-state index >= 15 is 0 Å². The fourth-order valence-corrected chi connectivity index (χ4v) is 0.583. The van der Waals surface area contributed by atoms with E-state index in [2.05, 4.69) is 5.92 Å². The van der Waals surface area contributed by atoms with Crippen LogP contribution in [-0.4, -0.2) is 6.29 Å². The van der Waals surface area contributed by atoms with E-state index in [1.54, 1.807) is 0 Å². The lowest BCUT2D eigenvalue weighted by Gasteiger charge is -2.16. The van der Waals surface area contributed by atoms with Gasteiger partial charge in [-0.3, -0.25) is 4.79 Å². The normalized spacial score (nSPS) is 12.4. The Kier molecular flexibility index (Phi) is 2.89. The summed E-state index contributed by atoms with van der Waals surface area (Å²) in [7, 11) is 0. The summed E-state index contributed by atoms with van der Waals surface area (Å²) < 4.78 is 0. The second-order valence-electron chi connectivity index (χ2n) is 3.11. The molecule has 0 atom stereocenters. The van der Waals surface area contributed by atoms with Crippen molar-refractivity contribution in [3.05, 3.63) is 11.6 Å². The Morgan fingerprint density at radius 3 is 2.10 bits per heavy atom. The van der Waals surface area contributed by atoms with Gasteiger partial charge in [0.25, 0.3) is 0 Å². The number of hydrogen-bond acceptors (Lipinski definition) is 1. The first-order valence-corrected chi connectivity index (χ1v) is 3.15. The third-order valence-electron chi connectivity index (χ3n) is 1.20. The van der Waals surface area contributed by atoms with Crippen molar-refractivity contribution in [1.29, 1.82) is 0 Å². The molecule has 0 amide bonds. The zero-order valence-corrected chi connectivity index (χ0v) is 6.64. The van der Waals surface area contributed by atoms with E-state index in [0.29, 0.717) is 0 Å². The predicted octanol–water partition coefficient (Wildman–Crippen LogP) is 1.79. The first-order valence-electron chi connectivity index (χ1n) is 3.15. The van der Waals surface area contributed by atoms with Crippen molar-refractivity contribution in [2.45, 2.75) is 20.8 Å². The topological polar surface area (TPSA) is 17.1 Å². The van der Waals surface area contributed by atoms with Gasteiger partial charge < -0.3 is 0 Å². The maximum atomic E-state index is 10.0. The molecule has 0 aromatic rings. The maximum absolute atomic E-state index is 10.0. The van der Waals surface area contributed by atoms with Crippen LogP contribution in [0.1, 0.15) is 20.8 Å². The Labute approximate surface area is 62.1 Å². The SMILES string of the molecule is C#CC(=CC=O)C(C)(C)C. The predicted molar refractivity (Wildman–Crippen MR) is 42.4 cm³/mol. The van der Waals surface area contributed by atoms with E-state index in [1.807, 2.05) is 20.8 Å². The maximum Gasteiger partial charge on any atom is 0.143 e. The average Bonchev–Trinajstić information content (AvgIpc) is 1.80. The number of allylic oxidation sites excluding steroid dienone is 2. The summed E-state index contributed by atoms with van der Waals surface area (Å²) in [4.78, 5) is 10.0. The van der Waals surface area contributed by atoms with Crippen molar-refractivity contribution >= 4 is 6.29 Å². The van der Waals surface area contributed by atoms with Gasteiger partial charge in [0.15, 0.2) is 0 Å². The summed E-state index contributed by atoms with van der Waals surface area (Å²) in [6, 6.07) is 0. The fraction of sp³-hybridized carbons (Fsp3) is 0.444. The largest absolute Gasteiger partial charge is 0.299 e. The molecule has 0 aliphatic rings. The molecule has 0 bridgehead atoms. The molecule has 0 fully saturated rings. The summed E-state index contributed by atoms with van der Waals surface area (Å²) in [6.07, 6.45) is 7.32. The molecule has 0 rings (SSSR count). The van der Waals surface area contributed by atoms with E-state index in [0.717, 1.165) is 11.9 Å². The highest BCUT2D eigenvalue weighted by Gasteiger charge is 2.13. The van der Waals surface area contributed by atoms with E-state index in [-0.39, 0.29) is 5.41 Å². The molecule has 0 saturated heterocycles. The van der Waals surface area contributed by atoms with E-state index in [4.69, 9.17) is 6.42 Å². The molecule has 0 aromatic carbocycles. The van der Waals surface area contributed by atoms with Crippen LogP contribution in [0, 0.1) is 17.8 Å². The van der Waals surface area contributed by atoms with Crippen LogP contribution in [0.15, 0.2) is 11.6 Å². The standard InChI is InChI=1S/C9H12O/c1-5-8(6-7-10)9(2,3)4/h1,6-7H,2-4H3. The Bertz CT molecular complexity index is 186. The molecular weight excluding hydrogens is 124 g/mol. The number of carbonyl (C=O) groups excluding carboxylic acids is 1. The van der Waals surface area contributed by atoms with Gasteiger partial charge in [0.05, 0.1) is 0 Å². The highest BCUT2D eigenvalue weighted by Crippen LogP contribution is 2.23. The number of terminal acetylenes is 1. The minimum Gasteiger partial charge on any atom is -0.299 e. The first-order chi connectivity index (χ1) is 4.52. The smallest absolute Gasteiger partial charge is 0.143 e. The highest BCUT2D eigenvalue weighted by atomic mass is 16.1. The number of rotatable bonds is 1. The van der Waals surface area contributed by atoms with Gasteiger partial charge in [0.2, 0.25) is 0 Å². The Morgan fingerprint density at radius 2 is 2.00 bits per heavy atom. The third-order valence-corrected chi connectivity index (χ3v) is 1.20. The van der Waals surface area contributed by atoms with Crippen LogP contribution in [-0.2, 0) is 4.79 Å². The lowest BCUT2D eigenvalue weighted by molar-refractivity contribution is -0.104. The van der Waals surface area contributed by atoms with Crippen LogP contribution in [0.2, 0.25) is 0 Å². The lowest BCUT2D eigenvalue weighted by atomic mass is 9.87. The second kappa shape index (κ2) is 3.22. The van der Waals surface area contributed by atoms with Gasteiger partial charge in [0.1, 0.15) is 6.29 Å². The summed E-state index contributed by atoms with van der Waals surface area (Å²) in [5.74, 6) is 2.47. The zero-order valence-electron chi connectivity index (χ0n) is 6.64. The molecule has 0 radical (unpaired) electrons. The highest BCUT2D eigenvalue weighted by molar-refractivity contribution is 5.68. The number of carbonyl (C=O) groups is 1. The molecule has 1 heteroatoms. The van der Waals surface area contributed by atoms with Crippen LogP contribution in [0.3, 0.4) is 0 Å². The monoisotopic (exact) mass is 136 g/mol. The molecule has 1 nitrogen and oxygen atoms in total. The molecule has 54 valence electrons. The molecule has 10 heavy (non-hydrogen) atoms. The van der Waals surface area contributed by atoms with Gasteiger partial charge in [-0.25, -0.2) is 0 Å². The van der Waals surface area contributed by atoms with Gasteiger partial charge in [-0.1, -0.05) is 26.7 Å². The summed E-state index contributed by atoms with van der Waals surface area (Å²) in [5, 5.41) is 0. The molecule has 0 aliphatic heterocycles. The van der Waals surface area contributed by atoms with Crippen LogP contribution in [0.5, 0.6) is 0 Å². The summed E-state index contributed by atoms with van der Waals surface area (Å²) >= 11 is 0. The summed E-state index contributed by atoms with van der Waals surface area (Å²) in [6.45, 7) is 5.92. The molecule has 0 aliphatic carbocycles. The molecular formula is C9H12O. The molecule has 0 unspecified atom stereocenters. The van der Waals surface area contributed by atoms with E-state index < -0.39 is 0 Å². The van der Waals surface area contributed by atoms with Gasteiger partial charge in [-0.15, -0.1) is 6.42 Å². The van der Waals surface area contributed by atoms with Gasteiger partial charge in [-0.2, -0.15) is 0 Å². The summed E-state index contributed by atoms with van der Waals surface area (Å²) in [5.41, 5.74) is 0.651. The van der Waals surface area contributed by atoms with Crippen LogP contribution in [0.4, 0.5) is 0 Å². The minimum absolute atomic E-state index is 0.0876. The van der Waals surface area contributed by atoms with Gasteiger partial charge >= 0.3 is 0 Å². The Balaban J connectivity index is 4.57. The van der Waals surface area contributed by atoms with Crippen LogP contribution < -0.4 is 0 Å². The van der Waals surface area contributed by atoms with Gasteiger partial charge in [-0.05, 0) is 11.5 Å². The molecule has 0 aromatic heterocycles. The van der Waals surface area contributed by atoms with Crippen molar-refractivity contribution in [2.24, 2.45) is 5.41 Å². The molecule has 0 spiro atoms. The van der Waals surface area contributed by atoms with Crippen LogP contribution >= 0.6 is 0 Å². The first kappa shape index (κ1) is 8.97. The molecule has 0 heterocycles. The third kappa shape index (κ3) is 2.50. The van der Waals surface area contributed by atoms with Crippen molar-refractivity contribution in [3.63, 3.8) is 0 Å². The van der Waals surface area contributed by atoms with Crippen molar-refractivity contribution in [2.75, 3.05) is 0 Å². The Hall–Kier alpha value is -1.03. The Morgan fingerprint density at radius 1 is 1.50 bits per heavy atom. The van der Waals surface area contributed by atoms with Crippen molar-refractivity contribution in [1.82, 2.24) is 0 Å². The molecule has 0 N–H and O–H groups in total. The second-order valence-corrected chi connectivity index (χ2v) is 3.11. The lowest BCUT2D eigenvalue weighted by Crippen LogP contribution is -2.07. The fourth-order valence-electron chi connectivity index (χ4n) is 0.583. The van der Waals surface area contributed by atoms with E-state index in [1.165, 1.54) is 6.08 Å².